The number of hydrogen-bond acceptors (Lipinski definition) is 5. The number of nitriles is 1. The lowest BCUT2D eigenvalue weighted by molar-refractivity contribution is -0.123. The highest BCUT2D eigenvalue weighted by Gasteiger charge is 2.30. The smallest absolute Gasteiger partial charge is 0.244 e. The lowest BCUT2D eigenvalue weighted by atomic mass is 10.0. The quantitative estimate of drug-likeness (QED) is 0.808. The molecule has 1 aromatic carbocycles. The summed E-state index contributed by atoms with van der Waals surface area (Å²) in [7, 11) is 0. The first-order chi connectivity index (χ1) is 14.2. The van der Waals surface area contributed by atoms with E-state index in [0.29, 0.717) is 5.56 Å². The summed E-state index contributed by atoms with van der Waals surface area (Å²) in [4.78, 5) is 24.2. The van der Waals surface area contributed by atoms with Crippen molar-refractivity contribution in [2.24, 2.45) is 0 Å². The van der Waals surface area contributed by atoms with Gasteiger partial charge in [-0.25, -0.2) is 4.98 Å². The van der Waals surface area contributed by atoms with Gasteiger partial charge in [0.2, 0.25) is 5.91 Å². The van der Waals surface area contributed by atoms with Crippen molar-refractivity contribution in [3.05, 3.63) is 53.7 Å². The van der Waals surface area contributed by atoms with Gasteiger partial charge in [0.1, 0.15) is 11.9 Å². The van der Waals surface area contributed by atoms with Gasteiger partial charge in [0.15, 0.2) is 0 Å². The van der Waals surface area contributed by atoms with Crippen LogP contribution in [0.3, 0.4) is 0 Å². The normalized spacial score (nSPS) is 18.5. The van der Waals surface area contributed by atoms with Crippen LogP contribution >= 0.6 is 0 Å². The van der Waals surface area contributed by atoms with Crippen molar-refractivity contribution in [1.29, 1.82) is 5.26 Å². The van der Waals surface area contributed by atoms with E-state index >= 15 is 0 Å². The Morgan fingerprint density at radius 3 is 2.79 bits per heavy atom. The molecule has 1 aromatic heterocycles. The molecule has 0 radical (unpaired) electrons. The summed E-state index contributed by atoms with van der Waals surface area (Å²) in [6, 6.07) is 13.9. The number of para-hydroxylation sites is 1. The van der Waals surface area contributed by atoms with Crippen LogP contribution in [0.2, 0.25) is 0 Å². The number of hydrogen-bond donors (Lipinski definition) is 0. The molecule has 0 N–H and O–H groups in total. The van der Waals surface area contributed by atoms with Crippen LogP contribution in [0.25, 0.3) is 0 Å². The molecule has 1 saturated heterocycles. The molecule has 0 bridgehead atoms. The van der Waals surface area contributed by atoms with Crippen molar-refractivity contribution < 1.29 is 4.79 Å². The van der Waals surface area contributed by atoms with Crippen LogP contribution < -0.4 is 9.80 Å². The van der Waals surface area contributed by atoms with E-state index in [1.807, 2.05) is 30.0 Å². The molecular weight excluding hydrogens is 362 g/mol. The van der Waals surface area contributed by atoms with Gasteiger partial charge < -0.3 is 9.80 Å². The fraction of sp³-hybridized carbons (Fsp3) is 0.435. The molecule has 4 rings (SSSR count). The molecule has 6 nitrogen and oxygen atoms in total. The van der Waals surface area contributed by atoms with E-state index in [2.05, 4.69) is 33.0 Å². The summed E-state index contributed by atoms with van der Waals surface area (Å²) in [5.41, 5.74) is 2.94. The Morgan fingerprint density at radius 2 is 1.93 bits per heavy atom. The Labute approximate surface area is 172 Å². The number of benzene rings is 1. The molecule has 29 heavy (non-hydrogen) atoms. The van der Waals surface area contributed by atoms with Crippen molar-refractivity contribution in [2.45, 2.75) is 32.2 Å². The first-order valence-corrected chi connectivity index (χ1v) is 10.4. The maximum Gasteiger partial charge on any atom is 0.244 e. The minimum absolute atomic E-state index is 0.166. The minimum Gasteiger partial charge on any atom is -0.354 e. The number of carbonyl (C=O) groups excluding carboxylic acids is 1. The first-order valence-electron chi connectivity index (χ1n) is 10.4. The average molecular weight is 390 g/mol. The largest absolute Gasteiger partial charge is 0.354 e. The first kappa shape index (κ1) is 19.4. The number of pyridine rings is 1. The molecule has 1 amide bonds. The third-order valence-corrected chi connectivity index (χ3v) is 6.02. The topological polar surface area (TPSA) is 63.5 Å². The maximum atomic E-state index is 13.3. The highest BCUT2D eigenvalue weighted by Crippen LogP contribution is 2.28. The van der Waals surface area contributed by atoms with Crippen LogP contribution in [-0.4, -0.2) is 54.6 Å². The van der Waals surface area contributed by atoms with Crippen LogP contribution in [-0.2, 0) is 11.2 Å². The standard InChI is InChI=1S/C23H27N5O/c1-18(23(29)28-14-5-9-19-7-2-3-10-21(19)28)26-12-6-13-27(16-15-26)22-20(17-24)8-4-11-25-22/h2-4,7-8,10-11,18H,5-6,9,12-16H2,1H3. The van der Waals surface area contributed by atoms with E-state index < -0.39 is 0 Å². The van der Waals surface area contributed by atoms with Crippen molar-refractivity contribution in [1.82, 2.24) is 9.88 Å². The zero-order valence-corrected chi connectivity index (χ0v) is 16.9. The van der Waals surface area contributed by atoms with Gasteiger partial charge in [-0.1, -0.05) is 18.2 Å². The summed E-state index contributed by atoms with van der Waals surface area (Å²) in [5, 5.41) is 9.38. The second-order valence-corrected chi connectivity index (χ2v) is 7.76. The maximum absolute atomic E-state index is 13.3. The van der Waals surface area contributed by atoms with E-state index in [1.165, 1.54) is 5.56 Å². The zero-order valence-electron chi connectivity index (χ0n) is 16.9. The molecule has 2 aliphatic heterocycles. The molecule has 0 saturated carbocycles. The van der Waals surface area contributed by atoms with Crippen molar-refractivity contribution in [3.63, 3.8) is 0 Å². The lowest BCUT2D eigenvalue weighted by Gasteiger charge is -2.35. The third-order valence-electron chi connectivity index (χ3n) is 6.02. The Morgan fingerprint density at radius 1 is 1.07 bits per heavy atom. The average Bonchev–Trinajstić information content (AvgIpc) is 3.04. The molecule has 2 aliphatic rings. The zero-order chi connectivity index (χ0) is 20.2. The number of rotatable bonds is 3. The van der Waals surface area contributed by atoms with Crippen molar-refractivity contribution in [3.8, 4) is 6.07 Å². The summed E-state index contributed by atoms with van der Waals surface area (Å²) >= 11 is 0. The molecular formula is C23H27N5O. The monoisotopic (exact) mass is 389 g/mol. The second-order valence-electron chi connectivity index (χ2n) is 7.76. The molecule has 6 heteroatoms. The lowest BCUT2D eigenvalue weighted by Crippen LogP contribution is -2.49. The number of aromatic nitrogens is 1. The van der Waals surface area contributed by atoms with Crippen LogP contribution in [0.4, 0.5) is 11.5 Å². The van der Waals surface area contributed by atoms with Gasteiger partial charge in [-0.15, -0.1) is 0 Å². The van der Waals surface area contributed by atoms with E-state index in [9.17, 15) is 10.1 Å². The molecule has 1 unspecified atom stereocenters. The van der Waals surface area contributed by atoms with E-state index in [0.717, 1.165) is 63.5 Å². The summed E-state index contributed by atoms with van der Waals surface area (Å²) in [6.45, 7) is 6.07. The van der Waals surface area contributed by atoms with Crippen LogP contribution in [0.15, 0.2) is 42.6 Å². The Balaban J connectivity index is 1.46. The van der Waals surface area contributed by atoms with Gasteiger partial charge >= 0.3 is 0 Å². The molecule has 1 atom stereocenters. The molecule has 150 valence electrons. The van der Waals surface area contributed by atoms with Gasteiger partial charge in [-0.2, -0.15) is 5.26 Å². The number of anilines is 2. The van der Waals surface area contributed by atoms with Gasteiger partial charge in [0.25, 0.3) is 0 Å². The van der Waals surface area contributed by atoms with Gasteiger partial charge in [-0.3, -0.25) is 9.69 Å². The van der Waals surface area contributed by atoms with Crippen LogP contribution in [0.5, 0.6) is 0 Å². The predicted molar refractivity (Wildman–Crippen MR) is 114 cm³/mol. The highest BCUT2D eigenvalue weighted by molar-refractivity contribution is 5.98. The summed E-state index contributed by atoms with van der Waals surface area (Å²) < 4.78 is 0. The van der Waals surface area contributed by atoms with E-state index in [-0.39, 0.29) is 11.9 Å². The Hall–Kier alpha value is -2.91. The van der Waals surface area contributed by atoms with Crippen molar-refractivity contribution in [2.75, 3.05) is 42.5 Å². The Bertz CT molecular complexity index is 921. The number of amides is 1. The van der Waals surface area contributed by atoms with Gasteiger partial charge in [0, 0.05) is 44.6 Å². The third kappa shape index (κ3) is 3.96. The number of fused-ring (bicyclic) bond motifs is 1. The number of nitrogens with zero attached hydrogens (tertiary/aromatic N) is 5. The van der Waals surface area contributed by atoms with E-state index in [4.69, 9.17) is 0 Å². The van der Waals surface area contributed by atoms with Gasteiger partial charge in [0.05, 0.1) is 11.6 Å². The van der Waals surface area contributed by atoms with Gasteiger partial charge in [-0.05, 0) is 49.9 Å². The molecule has 2 aromatic rings. The van der Waals surface area contributed by atoms with E-state index in [1.54, 1.807) is 12.3 Å². The summed E-state index contributed by atoms with van der Waals surface area (Å²) in [6.07, 6.45) is 4.73. The highest BCUT2D eigenvalue weighted by atomic mass is 16.2. The van der Waals surface area contributed by atoms with Crippen molar-refractivity contribution >= 4 is 17.4 Å². The fourth-order valence-electron chi connectivity index (χ4n) is 4.42. The molecule has 3 heterocycles. The summed E-state index contributed by atoms with van der Waals surface area (Å²) in [5.74, 6) is 0.932. The number of carbonyl (C=O) groups is 1. The number of aryl methyl sites for hydroxylation is 1. The molecule has 1 fully saturated rings. The second kappa shape index (κ2) is 8.62. The minimum atomic E-state index is -0.166. The SMILES string of the molecule is CC(C(=O)N1CCCc2ccccc21)N1CCCN(c2ncccc2C#N)CC1. The molecule has 0 spiro atoms. The predicted octanol–water partition coefficient (Wildman–Crippen LogP) is 2.83. The molecule has 0 aliphatic carbocycles. The van der Waals surface area contributed by atoms with Crippen LogP contribution in [0, 0.1) is 11.3 Å². The van der Waals surface area contributed by atoms with Crippen LogP contribution in [0.1, 0.15) is 30.9 Å². The Kier molecular flexibility index (Phi) is 5.77. The fourth-order valence-corrected chi connectivity index (χ4v) is 4.42.